The molecule has 0 saturated heterocycles. The summed E-state index contributed by atoms with van der Waals surface area (Å²) in [6, 6.07) is 13.8. The zero-order chi connectivity index (χ0) is 16.7. The number of hydrogen-bond donors (Lipinski definition) is 2. The van der Waals surface area contributed by atoms with Crippen molar-refractivity contribution in [2.75, 3.05) is 18.5 Å². The minimum atomic E-state index is -0.385. The van der Waals surface area contributed by atoms with Gasteiger partial charge in [-0.05, 0) is 42.8 Å². The van der Waals surface area contributed by atoms with Crippen molar-refractivity contribution in [2.24, 2.45) is 0 Å². The summed E-state index contributed by atoms with van der Waals surface area (Å²) in [4.78, 5) is 11.8. The zero-order valence-corrected chi connectivity index (χ0v) is 13.4. The van der Waals surface area contributed by atoms with Crippen LogP contribution >= 0.6 is 11.6 Å². The van der Waals surface area contributed by atoms with Crippen molar-refractivity contribution in [3.8, 4) is 11.8 Å². The summed E-state index contributed by atoms with van der Waals surface area (Å²) in [5.74, 6) is 0.728. The lowest BCUT2D eigenvalue weighted by Crippen LogP contribution is -2.32. The molecule has 0 aliphatic carbocycles. The molecule has 2 N–H and O–H groups in total. The zero-order valence-electron chi connectivity index (χ0n) is 12.6. The summed E-state index contributed by atoms with van der Waals surface area (Å²) < 4.78 is 5.58. The maximum atomic E-state index is 11.8. The Morgan fingerprint density at radius 3 is 2.83 bits per heavy atom. The van der Waals surface area contributed by atoms with Gasteiger partial charge in [0, 0.05) is 5.02 Å². The van der Waals surface area contributed by atoms with E-state index in [-0.39, 0.29) is 6.03 Å². The molecule has 2 aromatic rings. The van der Waals surface area contributed by atoms with E-state index >= 15 is 0 Å². The highest BCUT2D eigenvalue weighted by atomic mass is 35.5. The van der Waals surface area contributed by atoms with Crippen LogP contribution in [0, 0.1) is 18.3 Å². The Labute approximate surface area is 139 Å². The fourth-order valence-corrected chi connectivity index (χ4v) is 2.18. The van der Waals surface area contributed by atoms with Crippen LogP contribution in [0.5, 0.6) is 5.75 Å². The summed E-state index contributed by atoms with van der Waals surface area (Å²) in [6.45, 7) is 2.57. The van der Waals surface area contributed by atoms with Crippen LogP contribution in [-0.2, 0) is 0 Å². The number of nitriles is 1. The molecule has 2 amide bonds. The molecule has 0 spiro atoms. The van der Waals surface area contributed by atoms with Gasteiger partial charge >= 0.3 is 6.03 Å². The molecule has 6 heteroatoms. The molecule has 2 rings (SSSR count). The van der Waals surface area contributed by atoms with Crippen molar-refractivity contribution in [1.82, 2.24) is 5.32 Å². The number of halogens is 1. The van der Waals surface area contributed by atoms with Gasteiger partial charge in [-0.2, -0.15) is 5.26 Å². The van der Waals surface area contributed by atoms with Gasteiger partial charge < -0.3 is 15.4 Å². The van der Waals surface area contributed by atoms with Gasteiger partial charge in [0.25, 0.3) is 0 Å². The first-order chi connectivity index (χ1) is 11.1. The van der Waals surface area contributed by atoms with Gasteiger partial charge in [-0.15, -0.1) is 0 Å². The first-order valence-electron chi connectivity index (χ1n) is 7.03. The average Bonchev–Trinajstić information content (AvgIpc) is 2.53. The van der Waals surface area contributed by atoms with E-state index in [1.54, 1.807) is 36.4 Å². The van der Waals surface area contributed by atoms with E-state index in [9.17, 15) is 4.79 Å². The third kappa shape index (κ3) is 4.90. The number of carbonyl (C=O) groups excluding carboxylic acids is 1. The predicted molar refractivity (Wildman–Crippen MR) is 89.9 cm³/mol. The number of nitrogens with zero attached hydrogens (tertiary/aromatic N) is 1. The molecule has 0 unspecified atom stereocenters. The second-order valence-corrected chi connectivity index (χ2v) is 5.23. The average molecular weight is 330 g/mol. The first kappa shape index (κ1) is 16.7. The summed E-state index contributed by atoms with van der Waals surface area (Å²) in [5, 5.41) is 14.9. The van der Waals surface area contributed by atoms with E-state index < -0.39 is 0 Å². The number of nitrogens with one attached hydrogen (secondary N) is 2. The summed E-state index contributed by atoms with van der Waals surface area (Å²) in [7, 11) is 0. The number of ether oxygens (including phenoxy) is 1. The Morgan fingerprint density at radius 1 is 1.30 bits per heavy atom. The third-order valence-corrected chi connectivity index (χ3v) is 3.31. The minimum Gasteiger partial charge on any atom is -0.491 e. The molecule has 0 aromatic heterocycles. The largest absolute Gasteiger partial charge is 0.491 e. The van der Waals surface area contributed by atoms with Gasteiger partial charge in [0.2, 0.25) is 0 Å². The molecule has 0 bridgehead atoms. The molecule has 0 aliphatic heterocycles. The number of hydrogen-bond acceptors (Lipinski definition) is 3. The highest BCUT2D eigenvalue weighted by Crippen LogP contribution is 2.21. The van der Waals surface area contributed by atoms with E-state index in [4.69, 9.17) is 21.6 Å². The third-order valence-electron chi connectivity index (χ3n) is 3.08. The number of aryl methyl sites for hydroxylation is 1. The molecule has 118 valence electrons. The standard InChI is InChI=1S/C17H16ClN3O2/c1-12-10-14(18)6-7-16(12)23-9-8-20-17(22)21-15-5-3-2-4-13(15)11-19/h2-7,10H,8-9H2,1H3,(H2,20,21,22). The lowest BCUT2D eigenvalue weighted by molar-refractivity contribution is 0.247. The second-order valence-electron chi connectivity index (χ2n) is 4.80. The Hall–Kier alpha value is -2.71. The van der Waals surface area contributed by atoms with E-state index in [1.165, 1.54) is 0 Å². The molecule has 0 saturated carbocycles. The Kier molecular flexibility index (Phi) is 5.84. The van der Waals surface area contributed by atoms with E-state index in [1.807, 2.05) is 19.1 Å². The van der Waals surface area contributed by atoms with Crippen LogP contribution < -0.4 is 15.4 Å². The number of benzene rings is 2. The Bertz CT molecular complexity index is 741. The van der Waals surface area contributed by atoms with Crippen LogP contribution in [0.2, 0.25) is 5.02 Å². The van der Waals surface area contributed by atoms with Gasteiger partial charge in [0.15, 0.2) is 0 Å². The topological polar surface area (TPSA) is 74.2 Å². The monoisotopic (exact) mass is 329 g/mol. The second kappa shape index (κ2) is 8.06. The summed E-state index contributed by atoms with van der Waals surface area (Å²) >= 11 is 5.88. The van der Waals surface area contributed by atoms with Gasteiger partial charge in [0.05, 0.1) is 17.8 Å². The SMILES string of the molecule is Cc1cc(Cl)ccc1OCCNC(=O)Nc1ccccc1C#N. The van der Waals surface area contributed by atoms with Gasteiger partial charge in [-0.1, -0.05) is 23.7 Å². The quantitative estimate of drug-likeness (QED) is 0.821. The summed E-state index contributed by atoms with van der Waals surface area (Å²) in [5.41, 5.74) is 1.82. The van der Waals surface area contributed by atoms with Crippen LogP contribution in [0.4, 0.5) is 10.5 Å². The molecule has 0 fully saturated rings. The normalized spacial score (nSPS) is 9.78. The van der Waals surface area contributed by atoms with Crippen molar-refractivity contribution in [2.45, 2.75) is 6.92 Å². The highest BCUT2D eigenvalue weighted by Gasteiger charge is 2.05. The van der Waals surface area contributed by atoms with Crippen molar-refractivity contribution < 1.29 is 9.53 Å². The van der Waals surface area contributed by atoms with Gasteiger partial charge in [0.1, 0.15) is 18.4 Å². The number of amides is 2. The van der Waals surface area contributed by atoms with Gasteiger partial charge in [-0.3, -0.25) is 0 Å². The van der Waals surface area contributed by atoms with E-state index in [0.717, 1.165) is 11.3 Å². The van der Waals surface area contributed by atoms with E-state index in [2.05, 4.69) is 10.6 Å². The maximum absolute atomic E-state index is 11.8. The fraction of sp³-hybridized carbons (Fsp3) is 0.176. The predicted octanol–water partition coefficient (Wildman–Crippen LogP) is 3.72. The van der Waals surface area contributed by atoms with Crippen LogP contribution in [0.3, 0.4) is 0 Å². The van der Waals surface area contributed by atoms with Crippen LogP contribution in [0.1, 0.15) is 11.1 Å². The lowest BCUT2D eigenvalue weighted by atomic mass is 10.2. The highest BCUT2D eigenvalue weighted by molar-refractivity contribution is 6.30. The van der Waals surface area contributed by atoms with Crippen molar-refractivity contribution in [1.29, 1.82) is 5.26 Å². The first-order valence-corrected chi connectivity index (χ1v) is 7.41. The van der Waals surface area contributed by atoms with Crippen molar-refractivity contribution >= 4 is 23.3 Å². The summed E-state index contributed by atoms with van der Waals surface area (Å²) in [6.07, 6.45) is 0. The fourth-order valence-electron chi connectivity index (χ4n) is 1.96. The molecule has 23 heavy (non-hydrogen) atoms. The number of anilines is 1. The molecular weight excluding hydrogens is 314 g/mol. The molecule has 0 aliphatic rings. The van der Waals surface area contributed by atoms with E-state index in [0.29, 0.717) is 29.4 Å². The number of rotatable bonds is 5. The molecule has 0 atom stereocenters. The van der Waals surface area contributed by atoms with Crippen LogP contribution in [0.15, 0.2) is 42.5 Å². The maximum Gasteiger partial charge on any atom is 0.319 e. The minimum absolute atomic E-state index is 0.329. The number of urea groups is 1. The lowest BCUT2D eigenvalue weighted by Gasteiger charge is -2.11. The number of para-hydroxylation sites is 1. The van der Waals surface area contributed by atoms with Crippen LogP contribution in [0.25, 0.3) is 0 Å². The van der Waals surface area contributed by atoms with Crippen molar-refractivity contribution in [3.63, 3.8) is 0 Å². The molecule has 0 heterocycles. The van der Waals surface area contributed by atoms with Crippen molar-refractivity contribution in [3.05, 3.63) is 58.6 Å². The molecule has 2 aromatic carbocycles. The Balaban J connectivity index is 1.78. The smallest absolute Gasteiger partial charge is 0.319 e. The molecule has 0 radical (unpaired) electrons. The Morgan fingerprint density at radius 2 is 2.09 bits per heavy atom. The van der Waals surface area contributed by atoms with Crippen LogP contribution in [-0.4, -0.2) is 19.2 Å². The molecule has 5 nitrogen and oxygen atoms in total. The van der Waals surface area contributed by atoms with Gasteiger partial charge in [-0.25, -0.2) is 4.79 Å². The number of carbonyl (C=O) groups is 1. The molecular formula is C17H16ClN3O2.